The maximum absolute atomic E-state index is 11.3. The third-order valence-corrected chi connectivity index (χ3v) is 2.57. The van der Waals surface area contributed by atoms with E-state index in [2.05, 4.69) is 10.3 Å². The Morgan fingerprint density at radius 1 is 1.33 bits per heavy atom. The van der Waals surface area contributed by atoms with Crippen LogP contribution in [-0.2, 0) is 0 Å². The van der Waals surface area contributed by atoms with Gasteiger partial charge in [0.25, 0.3) is 5.91 Å². The van der Waals surface area contributed by atoms with Gasteiger partial charge in [-0.15, -0.1) is 0 Å². The highest BCUT2D eigenvalue weighted by Gasteiger charge is 2.11. The molecule has 0 radical (unpaired) electrons. The molecule has 1 amide bonds. The van der Waals surface area contributed by atoms with E-state index >= 15 is 0 Å². The van der Waals surface area contributed by atoms with Gasteiger partial charge in [-0.1, -0.05) is 18.2 Å². The van der Waals surface area contributed by atoms with Crippen molar-refractivity contribution in [2.75, 3.05) is 11.1 Å². The van der Waals surface area contributed by atoms with Crippen molar-refractivity contribution < 1.29 is 4.79 Å². The van der Waals surface area contributed by atoms with Gasteiger partial charge < -0.3 is 16.8 Å². The van der Waals surface area contributed by atoms with Crippen molar-refractivity contribution in [3.8, 4) is 0 Å². The lowest BCUT2D eigenvalue weighted by Crippen LogP contribution is -2.15. The monoisotopic (exact) mass is 242 g/mol. The Labute approximate surface area is 105 Å². The largest absolute Gasteiger partial charge is 0.397 e. The first-order chi connectivity index (χ1) is 8.58. The molecule has 0 saturated heterocycles. The van der Waals surface area contributed by atoms with Crippen molar-refractivity contribution >= 4 is 23.1 Å². The third kappa shape index (κ3) is 2.40. The standard InChI is InChI=1S/C13H14N4O/c1-8-4-2-3-5-11(8)17-13-10(12(15)18)6-9(14)7-16-13/h2-7H,14H2,1H3,(H2,15,18)(H,16,17). The SMILES string of the molecule is Cc1ccccc1Nc1ncc(N)cc1C(N)=O. The summed E-state index contributed by atoms with van der Waals surface area (Å²) in [6.07, 6.45) is 1.48. The topological polar surface area (TPSA) is 94.0 Å². The van der Waals surface area contributed by atoms with Gasteiger partial charge in [0.2, 0.25) is 0 Å². The highest BCUT2D eigenvalue weighted by molar-refractivity contribution is 5.99. The molecule has 5 heteroatoms. The molecular weight excluding hydrogens is 228 g/mol. The number of anilines is 3. The van der Waals surface area contributed by atoms with Gasteiger partial charge in [-0.2, -0.15) is 0 Å². The van der Waals surface area contributed by atoms with Crippen molar-refractivity contribution in [2.45, 2.75) is 6.92 Å². The molecule has 0 aliphatic rings. The highest BCUT2D eigenvalue weighted by Crippen LogP contribution is 2.22. The van der Waals surface area contributed by atoms with Crippen LogP contribution in [0.25, 0.3) is 0 Å². The van der Waals surface area contributed by atoms with E-state index < -0.39 is 5.91 Å². The summed E-state index contributed by atoms with van der Waals surface area (Å²) < 4.78 is 0. The minimum absolute atomic E-state index is 0.276. The number of aryl methyl sites for hydroxylation is 1. The third-order valence-electron chi connectivity index (χ3n) is 2.57. The van der Waals surface area contributed by atoms with Crippen molar-refractivity contribution in [3.05, 3.63) is 47.7 Å². The van der Waals surface area contributed by atoms with Gasteiger partial charge >= 0.3 is 0 Å². The van der Waals surface area contributed by atoms with E-state index in [1.54, 1.807) is 0 Å². The van der Waals surface area contributed by atoms with Gasteiger partial charge in [0.05, 0.1) is 17.4 Å². The van der Waals surface area contributed by atoms with E-state index in [9.17, 15) is 4.79 Å². The molecule has 1 aromatic carbocycles. The Bertz CT molecular complexity index is 595. The molecule has 92 valence electrons. The number of primary amides is 1. The zero-order valence-corrected chi connectivity index (χ0v) is 9.97. The zero-order chi connectivity index (χ0) is 13.1. The number of para-hydroxylation sites is 1. The van der Waals surface area contributed by atoms with Crippen LogP contribution in [0.5, 0.6) is 0 Å². The molecule has 1 aromatic heterocycles. The number of carbonyl (C=O) groups is 1. The van der Waals surface area contributed by atoms with Crippen LogP contribution in [0, 0.1) is 6.92 Å². The molecule has 0 fully saturated rings. The number of carbonyl (C=O) groups excluding carboxylic acids is 1. The minimum atomic E-state index is -0.564. The van der Waals surface area contributed by atoms with Gasteiger partial charge in [0, 0.05) is 5.69 Å². The van der Waals surface area contributed by atoms with E-state index in [1.165, 1.54) is 12.3 Å². The molecule has 18 heavy (non-hydrogen) atoms. The lowest BCUT2D eigenvalue weighted by Gasteiger charge is -2.11. The molecule has 1 heterocycles. The number of pyridine rings is 1. The summed E-state index contributed by atoms with van der Waals surface area (Å²) in [6, 6.07) is 9.21. The van der Waals surface area contributed by atoms with E-state index in [0.717, 1.165) is 11.3 Å². The first-order valence-corrected chi connectivity index (χ1v) is 5.46. The summed E-state index contributed by atoms with van der Waals surface area (Å²) in [4.78, 5) is 15.4. The highest BCUT2D eigenvalue weighted by atomic mass is 16.1. The first kappa shape index (κ1) is 11.9. The second-order valence-electron chi connectivity index (χ2n) is 3.97. The molecule has 2 aromatic rings. The van der Waals surface area contributed by atoms with Crippen molar-refractivity contribution in [1.82, 2.24) is 4.98 Å². The molecular formula is C13H14N4O. The van der Waals surface area contributed by atoms with Crippen molar-refractivity contribution in [1.29, 1.82) is 0 Å². The number of hydrogen-bond donors (Lipinski definition) is 3. The van der Waals surface area contributed by atoms with E-state index in [4.69, 9.17) is 11.5 Å². The van der Waals surface area contributed by atoms with E-state index in [-0.39, 0.29) is 5.56 Å². The van der Waals surface area contributed by atoms with Gasteiger partial charge in [-0.3, -0.25) is 4.79 Å². The van der Waals surface area contributed by atoms with Crippen molar-refractivity contribution in [2.24, 2.45) is 5.73 Å². The number of nitrogens with two attached hydrogens (primary N) is 2. The van der Waals surface area contributed by atoms with Gasteiger partial charge in [-0.05, 0) is 24.6 Å². The Balaban J connectivity index is 2.41. The number of hydrogen-bond acceptors (Lipinski definition) is 4. The predicted octanol–water partition coefficient (Wildman–Crippen LogP) is 1.81. The zero-order valence-electron chi connectivity index (χ0n) is 9.97. The lowest BCUT2D eigenvalue weighted by molar-refractivity contribution is 0.100. The smallest absolute Gasteiger partial charge is 0.252 e. The maximum Gasteiger partial charge on any atom is 0.252 e. The van der Waals surface area contributed by atoms with E-state index in [1.807, 2.05) is 31.2 Å². The number of aromatic nitrogens is 1. The fourth-order valence-electron chi connectivity index (χ4n) is 1.61. The number of benzene rings is 1. The number of rotatable bonds is 3. The molecule has 0 spiro atoms. The van der Waals surface area contributed by atoms with Crippen LogP contribution in [0.2, 0.25) is 0 Å². The molecule has 0 bridgehead atoms. The molecule has 2 rings (SSSR count). The molecule has 0 aliphatic carbocycles. The lowest BCUT2D eigenvalue weighted by atomic mass is 10.2. The molecule has 0 unspecified atom stereocenters. The molecule has 5 nitrogen and oxygen atoms in total. The van der Waals surface area contributed by atoms with Crippen LogP contribution < -0.4 is 16.8 Å². The second kappa shape index (κ2) is 4.75. The second-order valence-corrected chi connectivity index (χ2v) is 3.97. The first-order valence-electron chi connectivity index (χ1n) is 5.46. The number of nitrogens with zero attached hydrogens (tertiary/aromatic N) is 1. The van der Waals surface area contributed by atoms with Gasteiger partial charge in [0.15, 0.2) is 0 Å². The summed E-state index contributed by atoms with van der Waals surface area (Å²) in [6.45, 7) is 1.96. The Morgan fingerprint density at radius 2 is 2.06 bits per heavy atom. The van der Waals surface area contributed by atoms with Gasteiger partial charge in [-0.25, -0.2) is 4.98 Å². The summed E-state index contributed by atoms with van der Waals surface area (Å²) >= 11 is 0. The van der Waals surface area contributed by atoms with E-state index in [0.29, 0.717) is 11.5 Å². The molecule has 0 saturated carbocycles. The fourth-order valence-corrected chi connectivity index (χ4v) is 1.61. The number of nitrogen functional groups attached to an aromatic ring is 1. The summed E-state index contributed by atoms with van der Waals surface area (Å²) in [5, 5.41) is 3.08. The number of amides is 1. The number of nitrogens with one attached hydrogen (secondary N) is 1. The molecule has 0 aliphatic heterocycles. The quantitative estimate of drug-likeness (QED) is 0.765. The van der Waals surface area contributed by atoms with Crippen LogP contribution in [0.15, 0.2) is 36.5 Å². The maximum atomic E-state index is 11.3. The molecule has 0 atom stereocenters. The minimum Gasteiger partial charge on any atom is -0.397 e. The van der Waals surface area contributed by atoms with Crippen LogP contribution in [0.3, 0.4) is 0 Å². The fraction of sp³-hybridized carbons (Fsp3) is 0.0769. The summed E-state index contributed by atoms with van der Waals surface area (Å²) in [7, 11) is 0. The summed E-state index contributed by atoms with van der Waals surface area (Å²) in [5.74, 6) is -0.156. The van der Waals surface area contributed by atoms with Gasteiger partial charge in [0.1, 0.15) is 5.82 Å². The predicted molar refractivity (Wildman–Crippen MR) is 71.6 cm³/mol. The Morgan fingerprint density at radius 3 is 2.72 bits per heavy atom. The normalized spacial score (nSPS) is 10.1. The summed E-state index contributed by atoms with van der Waals surface area (Å²) in [5.41, 5.74) is 13.5. The molecule has 5 N–H and O–H groups in total. The van der Waals surface area contributed by atoms with Crippen molar-refractivity contribution in [3.63, 3.8) is 0 Å². The Kier molecular flexibility index (Phi) is 3.14. The van der Waals surface area contributed by atoms with Crippen LogP contribution in [0.4, 0.5) is 17.2 Å². The van der Waals surface area contributed by atoms with Crippen LogP contribution >= 0.6 is 0 Å². The average molecular weight is 242 g/mol. The Hall–Kier alpha value is -2.56. The van der Waals surface area contributed by atoms with Crippen LogP contribution in [-0.4, -0.2) is 10.9 Å². The van der Waals surface area contributed by atoms with Crippen LogP contribution in [0.1, 0.15) is 15.9 Å². The average Bonchev–Trinajstić information content (AvgIpc) is 2.34.